The number of nitrogens with one attached hydrogen (secondary N) is 3. The van der Waals surface area contributed by atoms with Crippen LogP contribution in [0.3, 0.4) is 0 Å². The fraction of sp³-hybridized carbons (Fsp3) is 0.0952. The van der Waals surface area contributed by atoms with Gasteiger partial charge in [-0.1, -0.05) is 30.3 Å². The lowest BCUT2D eigenvalue weighted by atomic mass is 9.90. The average Bonchev–Trinajstić information content (AvgIpc) is 3.22. The average molecular weight is 391 g/mol. The lowest BCUT2D eigenvalue weighted by Crippen LogP contribution is -2.30. The second-order valence-electron chi connectivity index (χ2n) is 6.39. The van der Waals surface area contributed by atoms with Gasteiger partial charge in [-0.25, -0.2) is 0 Å². The van der Waals surface area contributed by atoms with Crippen molar-refractivity contribution in [2.75, 3.05) is 16.0 Å². The van der Waals surface area contributed by atoms with Gasteiger partial charge in [-0.05, 0) is 41.3 Å². The number of rotatable bonds is 4. The number of hydrogen-bond acceptors (Lipinski definition) is 4. The summed E-state index contributed by atoms with van der Waals surface area (Å²) in [6, 6.07) is 17.8. The summed E-state index contributed by atoms with van der Waals surface area (Å²) in [6.07, 6.45) is 0.0949. The molecule has 0 fully saturated rings. The van der Waals surface area contributed by atoms with E-state index in [1.165, 1.54) is 11.3 Å². The van der Waals surface area contributed by atoms with E-state index in [1.54, 1.807) is 36.4 Å². The highest BCUT2D eigenvalue weighted by atomic mass is 32.1. The molecule has 28 heavy (non-hydrogen) atoms. The van der Waals surface area contributed by atoms with Gasteiger partial charge in [0.25, 0.3) is 5.91 Å². The molecule has 0 bridgehead atoms. The molecule has 1 unspecified atom stereocenters. The molecule has 7 heteroatoms. The van der Waals surface area contributed by atoms with Crippen LogP contribution in [0.1, 0.15) is 27.6 Å². The van der Waals surface area contributed by atoms with Gasteiger partial charge in [0.05, 0.1) is 10.8 Å². The Morgan fingerprint density at radius 1 is 0.964 bits per heavy atom. The summed E-state index contributed by atoms with van der Waals surface area (Å²) in [5.74, 6) is -1.20. The van der Waals surface area contributed by atoms with Gasteiger partial charge in [-0.15, -0.1) is 11.3 Å². The van der Waals surface area contributed by atoms with Crippen molar-refractivity contribution >= 4 is 46.1 Å². The van der Waals surface area contributed by atoms with E-state index in [0.717, 1.165) is 5.56 Å². The zero-order valence-corrected chi connectivity index (χ0v) is 15.6. The third-order valence-corrected chi connectivity index (χ3v) is 5.32. The predicted molar refractivity (Wildman–Crippen MR) is 110 cm³/mol. The molecule has 4 rings (SSSR count). The molecule has 0 saturated heterocycles. The van der Waals surface area contributed by atoms with E-state index >= 15 is 0 Å². The molecule has 2 aromatic carbocycles. The molecule has 0 aliphatic carbocycles. The van der Waals surface area contributed by atoms with Crippen LogP contribution in [-0.2, 0) is 9.59 Å². The Morgan fingerprint density at radius 3 is 2.54 bits per heavy atom. The van der Waals surface area contributed by atoms with Crippen molar-refractivity contribution in [3.05, 3.63) is 76.5 Å². The van der Waals surface area contributed by atoms with Crippen molar-refractivity contribution < 1.29 is 14.4 Å². The Kier molecular flexibility index (Phi) is 4.90. The van der Waals surface area contributed by atoms with Crippen LogP contribution < -0.4 is 16.0 Å². The first-order valence-electron chi connectivity index (χ1n) is 8.75. The number of para-hydroxylation sites is 1. The van der Waals surface area contributed by atoms with E-state index in [2.05, 4.69) is 16.0 Å². The number of anilines is 3. The standard InChI is InChI=1S/C21H17N3O3S/c25-19-12-16(15-7-1-2-8-17(15)24-19)20(26)22-13-5-3-6-14(11-13)23-21(27)18-9-4-10-28-18/h1-11,16H,12H2,(H,22,26)(H,23,27)(H,24,25). The summed E-state index contributed by atoms with van der Waals surface area (Å²) < 4.78 is 0. The number of carbonyl (C=O) groups excluding carboxylic acids is 3. The normalized spacial score (nSPS) is 15.3. The molecule has 1 aliphatic heterocycles. The van der Waals surface area contributed by atoms with Gasteiger partial charge >= 0.3 is 0 Å². The maximum atomic E-state index is 12.8. The first-order valence-corrected chi connectivity index (χ1v) is 9.63. The molecule has 1 atom stereocenters. The Labute approximate surface area is 165 Å². The van der Waals surface area contributed by atoms with Crippen LogP contribution in [0.2, 0.25) is 0 Å². The maximum Gasteiger partial charge on any atom is 0.265 e. The van der Waals surface area contributed by atoms with E-state index < -0.39 is 5.92 Å². The Hall–Kier alpha value is -3.45. The van der Waals surface area contributed by atoms with Gasteiger partial charge in [0.1, 0.15) is 0 Å². The van der Waals surface area contributed by atoms with Gasteiger partial charge in [0.15, 0.2) is 0 Å². The lowest BCUT2D eigenvalue weighted by Gasteiger charge is -2.24. The molecule has 2 heterocycles. The third kappa shape index (κ3) is 3.79. The minimum Gasteiger partial charge on any atom is -0.326 e. The van der Waals surface area contributed by atoms with Crippen molar-refractivity contribution in [1.82, 2.24) is 0 Å². The zero-order chi connectivity index (χ0) is 19.5. The molecule has 0 saturated carbocycles. The molecule has 1 aliphatic rings. The highest BCUT2D eigenvalue weighted by molar-refractivity contribution is 7.12. The van der Waals surface area contributed by atoms with Gasteiger partial charge < -0.3 is 16.0 Å². The number of amides is 3. The molecule has 0 radical (unpaired) electrons. The second kappa shape index (κ2) is 7.66. The van der Waals surface area contributed by atoms with Crippen molar-refractivity contribution in [2.45, 2.75) is 12.3 Å². The smallest absolute Gasteiger partial charge is 0.265 e. The summed E-state index contributed by atoms with van der Waals surface area (Å²) in [4.78, 5) is 37.6. The quantitative estimate of drug-likeness (QED) is 0.627. The largest absolute Gasteiger partial charge is 0.326 e. The third-order valence-electron chi connectivity index (χ3n) is 4.45. The number of hydrogen-bond donors (Lipinski definition) is 3. The minimum atomic E-state index is -0.561. The summed E-state index contributed by atoms with van der Waals surface area (Å²) in [7, 11) is 0. The molecule has 6 nitrogen and oxygen atoms in total. The van der Waals surface area contributed by atoms with Gasteiger partial charge in [0, 0.05) is 23.5 Å². The molecule has 3 amide bonds. The Bertz CT molecular complexity index is 1050. The second-order valence-corrected chi connectivity index (χ2v) is 7.34. The number of benzene rings is 2. The van der Waals surface area contributed by atoms with Gasteiger partial charge in [-0.2, -0.15) is 0 Å². The van der Waals surface area contributed by atoms with Crippen LogP contribution in [0.25, 0.3) is 0 Å². The van der Waals surface area contributed by atoms with Crippen LogP contribution >= 0.6 is 11.3 Å². The summed E-state index contributed by atoms with van der Waals surface area (Å²) in [6.45, 7) is 0. The van der Waals surface area contributed by atoms with Gasteiger partial charge in [0.2, 0.25) is 11.8 Å². The first-order chi connectivity index (χ1) is 13.6. The molecule has 140 valence electrons. The summed E-state index contributed by atoms with van der Waals surface area (Å²) >= 11 is 1.36. The van der Waals surface area contributed by atoms with Crippen molar-refractivity contribution in [3.8, 4) is 0 Å². The molecule has 0 spiro atoms. The van der Waals surface area contributed by atoms with Crippen LogP contribution in [0, 0.1) is 0 Å². The summed E-state index contributed by atoms with van der Waals surface area (Å²) in [5, 5.41) is 10.3. The SMILES string of the molecule is O=C1CC(C(=O)Nc2cccc(NC(=O)c3cccs3)c2)c2ccccc2N1. The highest BCUT2D eigenvalue weighted by Crippen LogP contribution is 2.33. The summed E-state index contributed by atoms with van der Waals surface area (Å²) in [5.41, 5.74) is 2.59. The molecule has 3 N–H and O–H groups in total. The topological polar surface area (TPSA) is 87.3 Å². The number of thiophene rings is 1. The fourth-order valence-corrected chi connectivity index (χ4v) is 3.77. The fourth-order valence-electron chi connectivity index (χ4n) is 3.15. The van der Waals surface area contributed by atoms with E-state index in [4.69, 9.17) is 0 Å². The maximum absolute atomic E-state index is 12.8. The molecule has 3 aromatic rings. The van der Waals surface area contributed by atoms with Crippen LogP contribution in [0.5, 0.6) is 0 Å². The number of carbonyl (C=O) groups is 3. The van der Waals surface area contributed by atoms with E-state index in [9.17, 15) is 14.4 Å². The van der Waals surface area contributed by atoms with E-state index in [-0.39, 0.29) is 24.1 Å². The first kappa shape index (κ1) is 17.9. The van der Waals surface area contributed by atoms with E-state index in [1.807, 2.05) is 29.6 Å². The highest BCUT2D eigenvalue weighted by Gasteiger charge is 2.30. The molecule has 1 aromatic heterocycles. The lowest BCUT2D eigenvalue weighted by molar-refractivity contribution is -0.123. The predicted octanol–water partition coefficient (Wildman–Crippen LogP) is 4.06. The Balaban J connectivity index is 1.50. The van der Waals surface area contributed by atoms with Crippen molar-refractivity contribution in [2.24, 2.45) is 0 Å². The van der Waals surface area contributed by atoms with Crippen molar-refractivity contribution in [3.63, 3.8) is 0 Å². The van der Waals surface area contributed by atoms with Crippen LogP contribution in [0.4, 0.5) is 17.1 Å². The molecular formula is C21H17N3O3S. The van der Waals surface area contributed by atoms with E-state index in [0.29, 0.717) is 21.9 Å². The monoisotopic (exact) mass is 391 g/mol. The zero-order valence-electron chi connectivity index (χ0n) is 14.8. The van der Waals surface area contributed by atoms with Crippen LogP contribution in [0.15, 0.2) is 66.0 Å². The molecular weight excluding hydrogens is 374 g/mol. The van der Waals surface area contributed by atoms with Crippen molar-refractivity contribution in [1.29, 1.82) is 0 Å². The Morgan fingerprint density at radius 2 is 1.75 bits per heavy atom. The minimum absolute atomic E-state index is 0.0949. The van der Waals surface area contributed by atoms with Crippen LogP contribution in [-0.4, -0.2) is 17.7 Å². The number of fused-ring (bicyclic) bond motifs is 1. The van der Waals surface area contributed by atoms with Gasteiger partial charge in [-0.3, -0.25) is 14.4 Å².